The van der Waals surface area contributed by atoms with Crippen LogP contribution in [0, 0.1) is 0 Å². The molecule has 0 aliphatic carbocycles. The third-order valence-corrected chi connectivity index (χ3v) is 4.80. The van der Waals surface area contributed by atoms with E-state index in [9.17, 15) is 4.39 Å². The Morgan fingerprint density at radius 2 is 1.78 bits per heavy atom. The summed E-state index contributed by atoms with van der Waals surface area (Å²) in [7, 11) is 0. The maximum Gasteiger partial charge on any atom is 0.0973 e. The largest absolute Gasteiger partial charge is 0.253 e. The molecule has 27 heavy (non-hydrogen) atoms. The molecule has 140 valence electrons. The van der Waals surface area contributed by atoms with E-state index in [1.807, 2.05) is 18.3 Å². The van der Waals surface area contributed by atoms with Crippen LogP contribution in [0.25, 0.3) is 22.2 Å². The third-order valence-electron chi connectivity index (χ3n) is 4.80. The van der Waals surface area contributed by atoms with Gasteiger partial charge in [0.25, 0.3) is 0 Å². The lowest BCUT2D eigenvalue weighted by Crippen LogP contribution is -1.93. The van der Waals surface area contributed by atoms with E-state index in [4.69, 9.17) is 0 Å². The van der Waals surface area contributed by atoms with Gasteiger partial charge in [0.2, 0.25) is 0 Å². The lowest BCUT2D eigenvalue weighted by Gasteiger charge is -2.07. The Hall–Kier alpha value is -2.55. The molecule has 0 saturated carbocycles. The normalized spacial score (nSPS) is 12.2. The zero-order chi connectivity index (χ0) is 19.1. The smallest absolute Gasteiger partial charge is 0.0973 e. The summed E-state index contributed by atoms with van der Waals surface area (Å²) in [6, 6.07) is 14.9. The minimum Gasteiger partial charge on any atom is -0.253 e. The first-order chi connectivity index (χ1) is 13.2. The van der Waals surface area contributed by atoms with E-state index in [2.05, 4.69) is 52.9 Å². The second-order valence-corrected chi connectivity index (χ2v) is 7.13. The molecule has 0 aliphatic rings. The summed E-state index contributed by atoms with van der Waals surface area (Å²) in [6.07, 6.45) is 8.63. The molecular formula is C24H27FN2. The fourth-order valence-corrected chi connectivity index (χ4v) is 3.27. The molecule has 3 heteroatoms. The van der Waals surface area contributed by atoms with Gasteiger partial charge < -0.3 is 0 Å². The van der Waals surface area contributed by atoms with Gasteiger partial charge in [-0.05, 0) is 55.0 Å². The number of hydrogen-bond donors (Lipinski definition) is 0. The third kappa shape index (κ3) is 5.46. The van der Waals surface area contributed by atoms with E-state index in [1.54, 1.807) is 6.92 Å². The van der Waals surface area contributed by atoms with Crippen molar-refractivity contribution in [1.29, 1.82) is 0 Å². The molecule has 0 spiro atoms. The lowest BCUT2D eigenvalue weighted by atomic mass is 10.0. The van der Waals surface area contributed by atoms with Crippen molar-refractivity contribution in [2.45, 2.75) is 51.6 Å². The van der Waals surface area contributed by atoms with Crippen molar-refractivity contribution in [2.24, 2.45) is 0 Å². The Morgan fingerprint density at radius 3 is 2.52 bits per heavy atom. The highest BCUT2D eigenvalue weighted by Gasteiger charge is 2.04. The number of unbranched alkanes of at least 4 members (excludes halogenated alkanes) is 2. The number of aryl methyl sites for hydroxylation is 1. The van der Waals surface area contributed by atoms with Gasteiger partial charge in [-0.25, -0.2) is 9.37 Å². The molecule has 2 aromatic carbocycles. The van der Waals surface area contributed by atoms with Crippen molar-refractivity contribution in [3.63, 3.8) is 0 Å². The number of halogens is 1. The van der Waals surface area contributed by atoms with Gasteiger partial charge in [0.1, 0.15) is 0 Å². The molecule has 0 amide bonds. The maximum absolute atomic E-state index is 12.8. The van der Waals surface area contributed by atoms with Gasteiger partial charge in [-0.15, -0.1) is 6.58 Å². The average molecular weight is 362 g/mol. The molecule has 1 unspecified atom stereocenters. The highest BCUT2D eigenvalue weighted by molar-refractivity contribution is 5.81. The summed E-state index contributed by atoms with van der Waals surface area (Å²) in [6.45, 7) is 5.38. The van der Waals surface area contributed by atoms with Gasteiger partial charge in [0.05, 0.1) is 22.9 Å². The molecule has 3 aromatic rings. The zero-order valence-corrected chi connectivity index (χ0v) is 16.0. The number of benzene rings is 2. The van der Waals surface area contributed by atoms with Gasteiger partial charge in [-0.3, -0.25) is 4.98 Å². The highest BCUT2D eigenvalue weighted by atomic mass is 19.1. The van der Waals surface area contributed by atoms with E-state index in [-0.39, 0.29) is 0 Å². The minimum atomic E-state index is -0.676. The predicted molar refractivity (Wildman–Crippen MR) is 112 cm³/mol. The van der Waals surface area contributed by atoms with E-state index in [1.165, 1.54) is 11.1 Å². The van der Waals surface area contributed by atoms with Crippen LogP contribution in [0.3, 0.4) is 0 Å². The molecule has 1 atom stereocenters. The molecule has 0 aliphatic heterocycles. The van der Waals surface area contributed by atoms with Crippen LogP contribution in [0.5, 0.6) is 0 Å². The number of fused-ring (bicyclic) bond motifs is 1. The summed E-state index contributed by atoms with van der Waals surface area (Å²) in [5, 5.41) is 0. The Bertz CT molecular complexity index is 885. The van der Waals surface area contributed by atoms with Crippen molar-refractivity contribution < 1.29 is 4.39 Å². The lowest BCUT2D eigenvalue weighted by molar-refractivity contribution is 0.330. The van der Waals surface area contributed by atoms with Crippen molar-refractivity contribution >= 4 is 11.0 Å². The summed E-state index contributed by atoms with van der Waals surface area (Å²) >= 11 is 0. The fraction of sp³-hybridized carbons (Fsp3) is 0.333. The second-order valence-electron chi connectivity index (χ2n) is 7.13. The molecule has 2 nitrogen and oxygen atoms in total. The topological polar surface area (TPSA) is 25.8 Å². The molecule has 1 aromatic heterocycles. The van der Waals surface area contributed by atoms with E-state index >= 15 is 0 Å². The van der Waals surface area contributed by atoms with Crippen LogP contribution in [0.1, 0.15) is 43.9 Å². The number of allylic oxidation sites excluding steroid dienone is 1. The number of rotatable bonds is 9. The fourth-order valence-electron chi connectivity index (χ4n) is 3.27. The molecule has 0 fully saturated rings. The summed E-state index contributed by atoms with van der Waals surface area (Å²) in [4.78, 5) is 9.15. The second kappa shape index (κ2) is 9.40. The quantitative estimate of drug-likeness (QED) is 0.321. The number of aromatic nitrogens is 2. The van der Waals surface area contributed by atoms with Crippen LogP contribution < -0.4 is 0 Å². The van der Waals surface area contributed by atoms with Gasteiger partial charge in [0, 0.05) is 12.6 Å². The molecular weight excluding hydrogens is 335 g/mol. The maximum atomic E-state index is 12.8. The van der Waals surface area contributed by atoms with Crippen LogP contribution in [0.2, 0.25) is 0 Å². The standard InChI is InChI=1S/C24H27FN2/c1-3-7-22-17-26-24-16-21(14-15-23(24)27-22)20-12-10-19(11-13-20)9-6-4-5-8-18(2)25/h3,10-18H,1,4-9H2,2H3. The van der Waals surface area contributed by atoms with Crippen molar-refractivity contribution in [2.75, 3.05) is 0 Å². The van der Waals surface area contributed by atoms with E-state index in [0.717, 1.165) is 54.4 Å². The summed E-state index contributed by atoms with van der Waals surface area (Å²) in [5.74, 6) is 0. The monoisotopic (exact) mass is 362 g/mol. The van der Waals surface area contributed by atoms with Crippen molar-refractivity contribution in [3.8, 4) is 11.1 Å². The van der Waals surface area contributed by atoms with E-state index in [0.29, 0.717) is 6.42 Å². The minimum absolute atomic E-state index is 0.676. The van der Waals surface area contributed by atoms with Crippen molar-refractivity contribution in [1.82, 2.24) is 9.97 Å². The predicted octanol–water partition coefficient (Wildman–Crippen LogP) is 6.49. The number of alkyl halides is 1. The van der Waals surface area contributed by atoms with E-state index < -0.39 is 6.17 Å². The molecule has 3 rings (SSSR count). The summed E-state index contributed by atoms with van der Waals surface area (Å²) < 4.78 is 12.8. The number of hydrogen-bond acceptors (Lipinski definition) is 2. The van der Waals surface area contributed by atoms with Gasteiger partial charge in [-0.1, -0.05) is 49.2 Å². The average Bonchev–Trinajstić information content (AvgIpc) is 2.68. The Kier molecular flexibility index (Phi) is 6.69. The first kappa shape index (κ1) is 19.2. The van der Waals surface area contributed by atoms with Crippen LogP contribution >= 0.6 is 0 Å². The van der Waals surface area contributed by atoms with Crippen molar-refractivity contribution in [3.05, 3.63) is 72.6 Å². The Balaban J connectivity index is 1.64. The zero-order valence-electron chi connectivity index (χ0n) is 16.0. The van der Waals surface area contributed by atoms with Gasteiger partial charge >= 0.3 is 0 Å². The Morgan fingerprint density at radius 1 is 1.00 bits per heavy atom. The molecule has 0 radical (unpaired) electrons. The first-order valence-electron chi connectivity index (χ1n) is 9.75. The molecule has 1 heterocycles. The van der Waals surface area contributed by atoms with Crippen LogP contribution in [0.4, 0.5) is 4.39 Å². The SMILES string of the molecule is C=CCc1cnc2cc(-c3ccc(CCCCCC(C)F)cc3)ccc2n1. The molecule has 0 saturated heterocycles. The summed E-state index contributed by atoms with van der Waals surface area (Å²) in [5.41, 5.74) is 6.43. The molecule has 0 N–H and O–H groups in total. The molecule has 0 bridgehead atoms. The number of nitrogens with zero attached hydrogens (tertiary/aromatic N) is 2. The van der Waals surface area contributed by atoms with Gasteiger partial charge in [-0.2, -0.15) is 0 Å². The van der Waals surface area contributed by atoms with Gasteiger partial charge in [0.15, 0.2) is 0 Å². The first-order valence-corrected chi connectivity index (χ1v) is 9.75. The van der Waals surface area contributed by atoms with Crippen LogP contribution in [-0.2, 0) is 12.8 Å². The Labute approximate surface area is 161 Å². The van der Waals surface area contributed by atoms with Crippen LogP contribution in [-0.4, -0.2) is 16.1 Å². The van der Waals surface area contributed by atoms with Crippen LogP contribution in [0.15, 0.2) is 61.3 Å². The highest BCUT2D eigenvalue weighted by Crippen LogP contribution is 2.24.